The lowest BCUT2D eigenvalue weighted by Gasteiger charge is -2.18. The smallest absolute Gasteiger partial charge is 0.264 e. The van der Waals surface area contributed by atoms with Gasteiger partial charge in [0.2, 0.25) is 0 Å². The first-order valence-corrected chi connectivity index (χ1v) is 6.73. The molecule has 1 amide bonds. The van der Waals surface area contributed by atoms with Crippen LogP contribution in [0.25, 0.3) is 0 Å². The summed E-state index contributed by atoms with van der Waals surface area (Å²) >= 11 is 0. The van der Waals surface area contributed by atoms with E-state index in [2.05, 4.69) is 0 Å². The number of rotatable bonds is 6. The van der Waals surface area contributed by atoms with E-state index in [1.807, 2.05) is 30.3 Å². The van der Waals surface area contributed by atoms with Crippen LogP contribution in [0, 0.1) is 0 Å². The van der Waals surface area contributed by atoms with Gasteiger partial charge in [0.1, 0.15) is 6.29 Å². The fourth-order valence-corrected chi connectivity index (χ4v) is 1.91. The number of carbonyl (C=O) groups excluding carboxylic acids is 2. The Balaban J connectivity index is 2.06. The number of methoxy groups -OCH3 is 1. The molecule has 2 aromatic rings. The van der Waals surface area contributed by atoms with Crippen LogP contribution >= 0.6 is 0 Å². The Labute approximate surface area is 129 Å². The lowest BCUT2D eigenvalue weighted by molar-refractivity contribution is -0.120. The van der Waals surface area contributed by atoms with Crippen LogP contribution in [0.15, 0.2) is 48.5 Å². The first kappa shape index (κ1) is 15.6. The van der Waals surface area contributed by atoms with E-state index in [9.17, 15) is 9.59 Å². The summed E-state index contributed by atoms with van der Waals surface area (Å²) in [5, 5.41) is 0. The van der Waals surface area contributed by atoms with Crippen LogP contribution in [-0.2, 0) is 4.79 Å². The number of hydrogen-bond donors (Lipinski definition) is 0. The molecule has 0 aliphatic carbocycles. The predicted molar refractivity (Wildman–Crippen MR) is 83.7 cm³/mol. The van der Waals surface area contributed by atoms with E-state index in [1.54, 1.807) is 25.2 Å². The number of carbonyl (C=O) groups is 2. The third-order valence-electron chi connectivity index (χ3n) is 3.19. The van der Waals surface area contributed by atoms with Crippen molar-refractivity contribution in [1.29, 1.82) is 0 Å². The van der Waals surface area contributed by atoms with Crippen molar-refractivity contribution in [3.8, 4) is 11.5 Å². The minimum atomic E-state index is -0.204. The second kappa shape index (κ2) is 7.26. The number of ether oxygens (including phenoxy) is 2. The fraction of sp³-hybridized carbons (Fsp3) is 0.176. The van der Waals surface area contributed by atoms with E-state index in [4.69, 9.17) is 9.47 Å². The van der Waals surface area contributed by atoms with Gasteiger partial charge in [-0.1, -0.05) is 18.2 Å². The van der Waals surface area contributed by atoms with Gasteiger partial charge < -0.3 is 14.4 Å². The van der Waals surface area contributed by atoms with E-state index in [-0.39, 0.29) is 12.5 Å². The minimum Gasteiger partial charge on any atom is -0.493 e. The number of benzene rings is 2. The molecule has 0 atom stereocenters. The first-order chi connectivity index (χ1) is 10.7. The van der Waals surface area contributed by atoms with Gasteiger partial charge in [-0.2, -0.15) is 0 Å². The maximum absolute atomic E-state index is 12.2. The van der Waals surface area contributed by atoms with Crippen LogP contribution in [0.3, 0.4) is 0 Å². The minimum absolute atomic E-state index is 0.149. The largest absolute Gasteiger partial charge is 0.493 e. The summed E-state index contributed by atoms with van der Waals surface area (Å²) in [7, 11) is 3.18. The third-order valence-corrected chi connectivity index (χ3v) is 3.19. The highest BCUT2D eigenvalue weighted by Gasteiger charge is 2.13. The van der Waals surface area contributed by atoms with Gasteiger partial charge in [0.25, 0.3) is 5.91 Å². The quantitative estimate of drug-likeness (QED) is 0.769. The van der Waals surface area contributed by atoms with Gasteiger partial charge in [-0.3, -0.25) is 9.59 Å². The molecule has 2 aromatic carbocycles. The number of amides is 1. The van der Waals surface area contributed by atoms with Crippen molar-refractivity contribution < 1.29 is 19.1 Å². The fourth-order valence-electron chi connectivity index (χ4n) is 1.91. The van der Waals surface area contributed by atoms with Crippen molar-refractivity contribution in [3.05, 3.63) is 54.1 Å². The molecule has 22 heavy (non-hydrogen) atoms. The molecule has 114 valence electrons. The zero-order valence-electron chi connectivity index (χ0n) is 12.5. The van der Waals surface area contributed by atoms with Crippen molar-refractivity contribution in [2.24, 2.45) is 0 Å². The average Bonchev–Trinajstić information content (AvgIpc) is 2.59. The summed E-state index contributed by atoms with van der Waals surface area (Å²) in [6.07, 6.45) is 0.713. The summed E-state index contributed by atoms with van der Waals surface area (Å²) < 4.78 is 10.7. The molecule has 0 aliphatic rings. The molecule has 5 nitrogen and oxygen atoms in total. The number of para-hydroxylation sites is 1. The van der Waals surface area contributed by atoms with Crippen molar-refractivity contribution in [2.45, 2.75) is 0 Å². The third kappa shape index (κ3) is 3.63. The molecule has 0 fully saturated rings. The first-order valence-electron chi connectivity index (χ1n) is 6.73. The van der Waals surface area contributed by atoms with Crippen molar-refractivity contribution in [1.82, 2.24) is 0 Å². The zero-order chi connectivity index (χ0) is 15.9. The second-order valence-electron chi connectivity index (χ2n) is 4.61. The standard InChI is InChI=1S/C17H17NO4/c1-18(14-6-4-3-5-7-14)17(20)12-22-16-10-13(11-19)8-9-15(16)21-2/h3-11H,12H2,1-2H3. The normalized spacial score (nSPS) is 9.91. The molecular weight excluding hydrogens is 282 g/mol. The van der Waals surface area contributed by atoms with Crippen molar-refractivity contribution in [2.75, 3.05) is 25.7 Å². The SMILES string of the molecule is COc1ccc(C=O)cc1OCC(=O)N(C)c1ccccc1. The molecule has 0 heterocycles. The van der Waals surface area contributed by atoms with Crippen LogP contribution in [0.4, 0.5) is 5.69 Å². The maximum atomic E-state index is 12.2. The monoisotopic (exact) mass is 299 g/mol. The molecule has 5 heteroatoms. The molecule has 2 rings (SSSR count). The van der Waals surface area contributed by atoms with E-state index in [1.165, 1.54) is 12.0 Å². The van der Waals surface area contributed by atoms with Gasteiger partial charge in [-0.05, 0) is 30.3 Å². The van der Waals surface area contributed by atoms with E-state index < -0.39 is 0 Å². The van der Waals surface area contributed by atoms with E-state index in [0.717, 1.165) is 5.69 Å². The number of hydrogen-bond acceptors (Lipinski definition) is 4. The number of likely N-dealkylation sites (N-methyl/N-ethyl adjacent to an activating group) is 1. The highest BCUT2D eigenvalue weighted by molar-refractivity contribution is 5.93. The predicted octanol–water partition coefficient (Wildman–Crippen LogP) is 2.55. The molecule has 0 bridgehead atoms. The lowest BCUT2D eigenvalue weighted by atomic mass is 10.2. The molecule has 0 radical (unpaired) electrons. The van der Waals surface area contributed by atoms with Crippen LogP contribution in [0.5, 0.6) is 11.5 Å². The van der Waals surface area contributed by atoms with E-state index in [0.29, 0.717) is 23.3 Å². The molecule has 0 saturated heterocycles. The van der Waals surface area contributed by atoms with Gasteiger partial charge in [0, 0.05) is 18.3 Å². The number of aldehydes is 1. The van der Waals surface area contributed by atoms with Crippen molar-refractivity contribution in [3.63, 3.8) is 0 Å². The second-order valence-corrected chi connectivity index (χ2v) is 4.61. The van der Waals surface area contributed by atoms with Gasteiger partial charge in [-0.25, -0.2) is 0 Å². The topological polar surface area (TPSA) is 55.8 Å². The van der Waals surface area contributed by atoms with Crippen molar-refractivity contribution >= 4 is 17.9 Å². The summed E-state index contributed by atoms with van der Waals surface area (Å²) in [6.45, 7) is -0.149. The van der Waals surface area contributed by atoms with Gasteiger partial charge >= 0.3 is 0 Å². The van der Waals surface area contributed by atoms with E-state index >= 15 is 0 Å². The Morgan fingerprint density at radius 1 is 1.14 bits per heavy atom. The Morgan fingerprint density at radius 3 is 2.50 bits per heavy atom. The Morgan fingerprint density at radius 2 is 1.86 bits per heavy atom. The van der Waals surface area contributed by atoms with Crippen LogP contribution in [0.1, 0.15) is 10.4 Å². The number of anilines is 1. The zero-order valence-corrected chi connectivity index (χ0v) is 12.5. The molecule has 0 aromatic heterocycles. The average molecular weight is 299 g/mol. The summed E-state index contributed by atoms with van der Waals surface area (Å²) in [5.41, 5.74) is 1.24. The Kier molecular flexibility index (Phi) is 5.14. The molecular formula is C17H17NO4. The summed E-state index contributed by atoms with van der Waals surface area (Å²) in [6, 6.07) is 14.1. The molecule has 0 N–H and O–H groups in total. The molecule has 0 unspecified atom stereocenters. The van der Waals surface area contributed by atoms with Gasteiger partial charge in [0.15, 0.2) is 18.1 Å². The Hall–Kier alpha value is -2.82. The highest BCUT2D eigenvalue weighted by Crippen LogP contribution is 2.27. The molecule has 0 saturated carbocycles. The Bertz CT molecular complexity index is 655. The highest BCUT2D eigenvalue weighted by atomic mass is 16.5. The van der Waals surface area contributed by atoms with Gasteiger partial charge in [0.05, 0.1) is 7.11 Å². The molecule has 0 aliphatic heterocycles. The van der Waals surface area contributed by atoms with Gasteiger partial charge in [-0.15, -0.1) is 0 Å². The van der Waals surface area contributed by atoms with Crippen LogP contribution < -0.4 is 14.4 Å². The molecule has 0 spiro atoms. The summed E-state index contributed by atoms with van der Waals surface area (Å²) in [4.78, 5) is 24.5. The van der Waals surface area contributed by atoms with Crippen LogP contribution in [-0.4, -0.2) is 33.0 Å². The van der Waals surface area contributed by atoms with Crippen LogP contribution in [0.2, 0.25) is 0 Å². The lowest BCUT2D eigenvalue weighted by Crippen LogP contribution is -2.31. The maximum Gasteiger partial charge on any atom is 0.264 e. The summed E-state index contributed by atoms with van der Waals surface area (Å²) in [5.74, 6) is 0.632. The number of nitrogens with zero attached hydrogens (tertiary/aromatic N) is 1.